The van der Waals surface area contributed by atoms with Crippen LogP contribution in [0.2, 0.25) is 0 Å². The summed E-state index contributed by atoms with van der Waals surface area (Å²) in [5, 5.41) is 13.0. The molecule has 37 heavy (non-hydrogen) atoms. The average molecular weight is 541 g/mol. The smallest absolute Gasteiger partial charge is 0.459 e. The molecule has 6 atom stereocenters. The van der Waals surface area contributed by atoms with Crippen LogP contribution in [-0.4, -0.2) is 57.3 Å². The number of alkyl halides is 1. The zero-order valence-corrected chi connectivity index (χ0v) is 21.3. The number of para-hydroxylation sites is 1. The number of halogens is 1. The van der Waals surface area contributed by atoms with E-state index in [1.807, 2.05) is 4.98 Å². The van der Waals surface area contributed by atoms with Crippen LogP contribution in [0.15, 0.2) is 64.8 Å². The molecule has 0 spiro atoms. The van der Waals surface area contributed by atoms with Gasteiger partial charge in [0.2, 0.25) is 0 Å². The number of aliphatic hydroxyl groups is 1. The molecule has 3 N–H and O–H groups in total. The first-order chi connectivity index (χ1) is 17.4. The Kier molecular flexibility index (Phi) is 8.88. The normalized spacial score (nSPS) is 25.8. The van der Waals surface area contributed by atoms with Crippen LogP contribution in [0.5, 0.6) is 5.75 Å². The van der Waals surface area contributed by atoms with Crippen LogP contribution in [0, 0.1) is 0 Å². The number of nitrogens with one attached hydrogen (secondary N) is 2. The minimum Gasteiger partial charge on any atom is -0.462 e. The Morgan fingerprint density at radius 3 is 2.62 bits per heavy atom. The molecule has 1 aliphatic rings. The van der Waals surface area contributed by atoms with Gasteiger partial charge in [-0.05, 0) is 32.9 Å². The van der Waals surface area contributed by atoms with Crippen molar-refractivity contribution >= 4 is 13.7 Å². The molecule has 0 bridgehead atoms. The van der Waals surface area contributed by atoms with E-state index in [0.717, 1.165) is 29.8 Å². The second-order valence-corrected chi connectivity index (χ2v) is 10.4. The summed E-state index contributed by atoms with van der Waals surface area (Å²) >= 11 is 0. The number of H-pyrrole nitrogens is 1. The molecule has 0 radical (unpaired) electrons. The molecule has 1 fully saturated rings. The fraction of sp³-hybridized carbons (Fsp3) is 0.435. The SMILES string of the molecule is C=C[C@H](N[P@](=O)(OCC1O[C@@H](n2ccc(=O)[nH]c2=O)[C@](C)(F)[C@@H]1O)Oc1ccccc1)C(=O)OC(C)C. The van der Waals surface area contributed by atoms with Gasteiger partial charge < -0.3 is 19.1 Å². The van der Waals surface area contributed by atoms with Gasteiger partial charge in [-0.3, -0.25) is 18.9 Å². The van der Waals surface area contributed by atoms with Crippen molar-refractivity contribution in [3.63, 3.8) is 0 Å². The van der Waals surface area contributed by atoms with E-state index in [0.29, 0.717) is 0 Å². The highest BCUT2D eigenvalue weighted by Crippen LogP contribution is 2.47. The van der Waals surface area contributed by atoms with Crippen molar-refractivity contribution in [2.45, 2.75) is 57.0 Å². The van der Waals surface area contributed by atoms with Crippen LogP contribution in [-0.2, 0) is 23.4 Å². The van der Waals surface area contributed by atoms with E-state index in [9.17, 15) is 24.1 Å². The number of carbonyl (C=O) groups excluding carboxylic acids is 1. The maximum absolute atomic E-state index is 15.5. The summed E-state index contributed by atoms with van der Waals surface area (Å²) < 4.78 is 51.6. The van der Waals surface area contributed by atoms with Crippen molar-refractivity contribution in [1.82, 2.24) is 14.6 Å². The topological polar surface area (TPSA) is 158 Å². The second kappa shape index (κ2) is 11.5. The Labute approximate surface area is 211 Å². The van der Waals surface area contributed by atoms with Crippen molar-refractivity contribution < 1.29 is 37.4 Å². The molecule has 0 saturated carbocycles. The van der Waals surface area contributed by atoms with E-state index in [1.54, 1.807) is 32.0 Å². The van der Waals surface area contributed by atoms with Crippen molar-refractivity contribution in [3.05, 3.63) is 76.1 Å². The Morgan fingerprint density at radius 1 is 1.35 bits per heavy atom. The standard InChI is InChI=1S/C23H29FN3O9P/c1-5-16(20(30)34-14(2)3)26-37(32,36-15-9-7-6-8-10-15)33-13-17-19(29)23(4,24)21(35-17)27-12-11-18(28)25-22(27)31/h5-12,14,16-17,19,21,29H,1,13H2,2-4H3,(H,26,32)(H,25,28,31)/t16-,17?,19+,21+,23+,37-/m0/s1. The third kappa shape index (κ3) is 6.82. The molecule has 1 saturated heterocycles. The van der Waals surface area contributed by atoms with Gasteiger partial charge in [0.05, 0.1) is 12.7 Å². The van der Waals surface area contributed by atoms with Gasteiger partial charge in [-0.1, -0.05) is 24.3 Å². The lowest BCUT2D eigenvalue weighted by Gasteiger charge is -2.25. The lowest BCUT2D eigenvalue weighted by atomic mass is 9.98. The molecule has 12 nitrogen and oxygen atoms in total. The molecule has 1 aromatic carbocycles. The van der Waals surface area contributed by atoms with Crippen LogP contribution in [0.1, 0.15) is 27.0 Å². The lowest BCUT2D eigenvalue weighted by molar-refractivity contribution is -0.148. The number of benzene rings is 1. The number of esters is 1. The third-order valence-electron chi connectivity index (χ3n) is 5.34. The first-order valence-corrected chi connectivity index (χ1v) is 12.8. The summed E-state index contributed by atoms with van der Waals surface area (Å²) in [5.74, 6) is -0.671. The van der Waals surface area contributed by atoms with Gasteiger partial charge in [-0.2, -0.15) is 5.09 Å². The number of nitrogens with zero attached hydrogens (tertiary/aromatic N) is 1. The van der Waals surface area contributed by atoms with E-state index in [4.69, 9.17) is 18.5 Å². The highest BCUT2D eigenvalue weighted by atomic mass is 31.2. The highest BCUT2D eigenvalue weighted by Gasteiger charge is 2.56. The second-order valence-electron chi connectivity index (χ2n) is 8.67. The first kappa shape index (κ1) is 28.5. The quantitative estimate of drug-likeness (QED) is 0.218. The molecule has 202 valence electrons. The molecular weight excluding hydrogens is 512 g/mol. The van der Waals surface area contributed by atoms with Crippen LogP contribution in [0.4, 0.5) is 4.39 Å². The van der Waals surface area contributed by atoms with Crippen LogP contribution in [0.3, 0.4) is 0 Å². The van der Waals surface area contributed by atoms with Crippen LogP contribution >= 0.6 is 7.75 Å². The van der Waals surface area contributed by atoms with E-state index in [2.05, 4.69) is 11.7 Å². The molecule has 1 aromatic heterocycles. The van der Waals surface area contributed by atoms with Gasteiger partial charge in [0, 0.05) is 12.3 Å². The van der Waals surface area contributed by atoms with Crippen molar-refractivity contribution in [1.29, 1.82) is 0 Å². The zero-order chi connectivity index (χ0) is 27.4. The fourth-order valence-corrected chi connectivity index (χ4v) is 5.00. The number of hydrogen-bond acceptors (Lipinski definition) is 9. The summed E-state index contributed by atoms with van der Waals surface area (Å²) in [6, 6.07) is 7.60. The summed E-state index contributed by atoms with van der Waals surface area (Å²) in [4.78, 5) is 37.9. The maximum Gasteiger partial charge on any atom is 0.459 e. The zero-order valence-electron chi connectivity index (χ0n) is 20.4. The van der Waals surface area contributed by atoms with E-state index in [1.165, 1.54) is 12.1 Å². The molecule has 2 aromatic rings. The molecule has 0 amide bonds. The third-order valence-corrected chi connectivity index (χ3v) is 6.87. The molecule has 2 heterocycles. The monoisotopic (exact) mass is 541 g/mol. The van der Waals surface area contributed by atoms with Crippen LogP contribution in [0.25, 0.3) is 0 Å². The van der Waals surface area contributed by atoms with Crippen LogP contribution < -0.4 is 20.9 Å². The summed E-state index contributed by atoms with van der Waals surface area (Å²) in [6.45, 7) is 7.14. The number of aliphatic hydroxyl groups excluding tert-OH is 1. The lowest BCUT2D eigenvalue weighted by Crippen LogP contribution is -2.44. The van der Waals surface area contributed by atoms with Gasteiger partial charge in [-0.15, -0.1) is 6.58 Å². The summed E-state index contributed by atoms with van der Waals surface area (Å²) in [7, 11) is -4.39. The predicted octanol–water partition coefficient (Wildman–Crippen LogP) is 1.82. The molecule has 1 aliphatic heterocycles. The Hall–Kier alpha value is -3.09. The van der Waals surface area contributed by atoms with Gasteiger partial charge in [0.15, 0.2) is 11.9 Å². The van der Waals surface area contributed by atoms with Gasteiger partial charge >= 0.3 is 19.4 Å². The van der Waals surface area contributed by atoms with Crippen molar-refractivity contribution in [3.8, 4) is 5.75 Å². The van der Waals surface area contributed by atoms with Crippen molar-refractivity contribution in [2.24, 2.45) is 0 Å². The molecular formula is C23H29FN3O9P. The number of aromatic nitrogens is 2. The number of ether oxygens (including phenoxy) is 2. The minimum atomic E-state index is -4.39. The van der Waals surface area contributed by atoms with E-state index in [-0.39, 0.29) is 5.75 Å². The first-order valence-electron chi connectivity index (χ1n) is 11.3. The van der Waals surface area contributed by atoms with Gasteiger partial charge in [-0.25, -0.2) is 18.5 Å². The predicted molar refractivity (Wildman–Crippen MR) is 130 cm³/mol. The minimum absolute atomic E-state index is 0.124. The Balaban J connectivity index is 1.83. The Morgan fingerprint density at radius 2 is 2.03 bits per heavy atom. The number of carbonyl (C=O) groups is 1. The maximum atomic E-state index is 15.5. The molecule has 14 heteroatoms. The molecule has 1 unspecified atom stereocenters. The average Bonchev–Trinajstić information content (AvgIpc) is 3.05. The number of rotatable bonds is 11. The Bertz CT molecular complexity index is 1260. The highest BCUT2D eigenvalue weighted by molar-refractivity contribution is 7.52. The summed E-state index contributed by atoms with van der Waals surface area (Å²) in [6.07, 6.45) is -3.18. The van der Waals surface area contributed by atoms with E-state index < -0.39 is 67.8 Å². The van der Waals surface area contributed by atoms with Gasteiger partial charge in [0.25, 0.3) is 5.56 Å². The fourth-order valence-electron chi connectivity index (χ4n) is 3.52. The number of aromatic amines is 1. The largest absolute Gasteiger partial charge is 0.462 e. The number of hydrogen-bond donors (Lipinski definition) is 3. The van der Waals surface area contributed by atoms with E-state index >= 15 is 4.39 Å². The summed E-state index contributed by atoms with van der Waals surface area (Å²) in [5.41, 5.74) is -4.15. The molecule has 3 rings (SSSR count). The van der Waals surface area contributed by atoms with Gasteiger partial charge in [0.1, 0.15) is 24.0 Å². The van der Waals surface area contributed by atoms with Crippen molar-refractivity contribution in [2.75, 3.05) is 6.61 Å². The molecule has 0 aliphatic carbocycles.